The first-order valence-corrected chi connectivity index (χ1v) is 2.20. The molecule has 0 aliphatic heterocycles. The van der Waals surface area contributed by atoms with E-state index in [0.29, 0.717) is 0 Å². The summed E-state index contributed by atoms with van der Waals surface area (Å²) in [6.45, 7) is -0.155. The highest BCUT2D eigenvalue weighted by atomic mass is 19.1. The van der Waals surface area contributed by atoms with Crippen molar-refractivity contribution in [3.8, 4) is 0 Å². The molecular formula is C4H10FNO. The smallest absolute Gasteiger partial charge is 0.135 e. The zero-order chi connectivity index (χ0) is 5.70. The Kier molecular flexibility index (Phi) is 3.93. The predicted octanol–water partition coefficient (Wildman–Crippen LogP) is -0.464. The number of rotatable bonds is 3. The van der Waals surface area contributed by atoms with Crippen molar-refractivity contribution in [2.75, 3.05) is 20.2 Å². The number of nitrogens with one attached hydrogen (secondary N) is 1. The van der Waals surface area contributed by atoms with Crippen LogP contribution in [0.4, 0.5) is 4.39 Å². The number of aliphatic hydroxyl groups excluding tert-OH is 1. The summed E-state index contributed by atoms with van der Waals surface area (Å²) in [5.41, 5.74) is 0. The van der Waals surface area contributed by atoms with Crippen LogP contribution in [0, 0.1) is 0 Å². The van der Waals surface area contributed by atoms with Gasteiger partial charge in [0.15, 0.2) is 0 Å². The molecule has 0 saturated heterocycles. The lowest BCUT2D eigenvalue weighted by Crippen LogP contribution is -2.22. The largest absolute Gasteiger partial charge is 0.393 e. The Morgan fingerprint density at radius 3 is 2.57 bits per heavy atom. The molecule has 0 rings (SSSR count). The van der Waals surface area contributed by atoms with Gasteiger partial charge in [-0.2, -0.15) is 0 Å². The first kappa shape index (κ1) is 6.85. The van der Waals surface area contributed by atoms with Gasteiger partial charge in [0.2, 0.25) is 0 Å². The van der Waals surface area contributed by atoms with E-state index in [2.05, 4.69) is 5.32 Å². The van der Waals surface area contributed by atoms with Crippen molar-refractivity contribution in [1.82, 2.24) is 5.32 Å². The van der Waals surface area contributed by atoms with Gasteiger partial charge in [-0.3, -0.25) is 0 Å². The van der Waals surface area contributed by atoms with E-state index in [-0.39, 0.29) is 13.2 Å². The lowest BCUT2D eigenvalue weighted by atomic mass is 10.4. The van der Waals surface area contributed by atoms with E-state index in [1.54, 1.807) is 7.05 Å². The van der Waals surface area contributed by atoms with Crippen molar-refractivity contribution in [3.05, 3.63) is 0 Å². The van der Waals surface area contributed by atoms with E-state index >= 15 is 0 Å². The molecule has 0 saturated carbocycles. The predicted molar refractivity (Wildman–Crippen MR) is 25.9 cm³/mol. The van der Waals surface area contributed by atoms with Gasteiger partial charge in [-0.25, -0.2) is 4.39 Å². The van der Waals surface area contributed by atoms with Gasteiger partial charge in [0.25, 0.3) is 0 Å². The number of hydrogen-bond acceptors (Lipinski definition) is 2. The molecule has 0 radical (unpaired) electrons. The molecule has 7 heavy (non-hydrogen) atoms. The summed E-state index contributed by atoms with van der Waals surface area (Å²) in [6.07, 6.45) is -1.11. The lowest BCUT2D eigenvalue weighted by molar-refractivity contribution is 0.177. The van der Waals surface area contributed by atoms with E-state index in [9.17, 15) is 4.39 Å². The second-order valence-corrected chi connectivity index (χ2v) is 1.34. The van der Waals surface area contributed by atoms with E-state index in [4.69, 9.17) is 5.11 Å². The minimum absolute atomic E-state index is 0.233. The summed E-state index contributed by atoms with van der Waals surface area (Å²) in [6, 6.07) is 0. The molecule has 0 bridgehead atoms. The highest BCUT2D eigenvalue weighted by Gasteiger charge is 1.98. The molecule has 0 amide bonds. The molecule has 2 nitrogen and oxygen atoms in total. The van der Waals surface area contributed by atoms with Crippen LogP contribution in [-0.4, -0.2) is 31.5 Å². The molecule has 0 fully saturated rings. The summed E-state index contributed by atoms with van der Waals surface area (Å²) in [5, 5.41) is 10.6. The van der Waals surface area contributed by atoms with E-state index < -0.39 is 6.17 Å². The number of halogens is 1. The molecule has 44 valence electrons. The van der Waals surface area contributed by atoms with Crippen molar-refractivity contribution in [2.45, 2.75) is 6.17 Å². The third-order valence-corrected chi connectivity index (χ3v) is 0.624. The minimum Gasteiger partial charge on any atom is -0.393 e. The van der Waals surface area contributed by atoms with Crippen LogP contribution in [0.15, 0.2) is 0 Å². The Bertz CT molecular complexity index is 42.7. The van der Waals surface area contributed by atoms with Crippen LogP contribution in [0.2, 0.25) is 0 Å². The molecule has 0 aliphatic carbocycles. The van der Waals surface area contributed by atoms with Gasteiger partial charge < -0.3 is 10.4 Å². The molecule has 0 unspecified atom stereocenters. The molecule has 1 atom stereocenters. The Hall–Kier alpha value is -0.150. The van der Waals surface area contributed by atoms with Crippen molar-refractivity contribution >= 4 is 0 Å². The molecule has 0 aliphatic rings. The van der Waals surface area contributed by atoms with Gasteiger partial charge in [0.1, 0.15) is 6.17 Å². The van der Waals surface area contributed by atoms with Gasteiger partial charge in [-0.05, 0) is 7.05 Å². The lowest BCUT2D eigenvalue weighted by Gasteiger charge is -1.99. The van der Waals surface area contributed by atoms with Crippen molar-refractivity contribution < 1.29 is 9.50 Å². The molecular weight excluding hydrogens is 97.0 g/mol. The Labute approximate surface area is 42.3 Å². The molecule has 0 spiro atoms. The van der Waals surface area contributed by atoms with Gasteiger partial charge >= 0.3 is 0 Å². The second kappa shape index (κ2) is 4.02. The third kappa shape index (κ3) is 3.69. The second-order valence-electron chi connectivity index (χ2n) is 1.34. The Morgan fingerprint density at radius 2 is 2.43 bits per heavy atom. The number of hydrogen-bond donors (Lipinski definition) is 2. The average molecular weight is 107 g/mol. The van der Waals surface area contributed by atoms with Crippen LogP contribution in [0.25, 0.3) is 0 Å². The highest BCUT2D eigenvalue weighted by molar-refractivity contribution is 4.52. The Morgan fingerprint density at radius 1 is 1.86 bits per heavy atom. The maximum absolute atomic E-state index is 11.8. The quantitative estimate of drug-likeness (QED) is 0.511. The Balaban J connectivity index is 2.83. The molecule has 0 aromatic rings. The van der Waals surface area contributed by atoms with Gasteiger partial charge in [-0.15, -0.1) is 0 Å². The van der Waals surface area contributed by atoms with E-state index in [0.717, 1.165) is 0 Å². The summed E-state index contributed by atoms with van der Waals surface area (Å²) < 4.78 is 11.8. The minimum atomic E-state index is -1.11. The van der Waals surface area contributed by atoms with Crippen LogP contribution in [0.3, 0.4) is 0 Å². The highest BCUT2D eigenvalue weighted by Crippen LogP contribution is 1.82. The molecule has 2 N–H and O–H groups in total. The number of aliphatic hydroxyl groups is 1. The average Bonchev–Trinajstić information content (AvgIpc) is 1.68. The van der Waals surface area contributed by atoms with Gasteiger partial charge in [0, 0.05) is 6.54 Å². The van der Waals surface area contributed by atoms with E-state index in [1.165, 1.54) is 0 Å². The molecule has 0 aromatic carbocycles. The maximum Gasteiger partial charge on any atom is 0.135 e. The fourth-order valence-corrected chi connectivity index (χ4v) is 0.286. The van der Waals surface area contributed by atoms with Crippen LogP contribution < -0.4 is 5.32 Å². The fraction of sp³-hybridized carbons (Fsp3) is 1.00. The summed E-state index contributed by atoms with van der Waals surface area (Å²) in [7, 11) is 1.64. The monoisotopic (exact) mass is 107 g/mol. The first-order valence-electron chi connectivity index (χ1n) is 2.20. The topological polar surface area (TPSA) is 32.3 Å². The van der Waals surface area contributed by atoms with E-state index in [1.807, 2.05) is 0 Å². The normalized spacial score (nSPS) is 14.1. The zero-order valence-corrected chi connectivity index (χ0v) is 4.32. The van der Waals surface area contributed by atoms with Crippen LogP contribution in [0.1, 0.15) is 0 Å². The zero-order valence-electron chi connectivity index (χ0n) is 4.32. The SMILES string of the molecule is CNC[C@@H](F)CO. The van der Waals surface area contributed by atoms with Crippen molar-refractivity contribution in [3.63, 3.8) is 0 Å². The summed E-state index contributed by atoms with van der Waals surface area (Å²) in [4.78, 5) is 0. The van der Waals surface area contributed by atoms with Crippen molar-refractivity contribution in [1.29, 1.82) is 0 Å². The van der Waals surface area contributed by atoms with Gasteiger partial charge in [0.05, 0.1) is 6.61 Å². The molecule has 3 heteroatoms. The summed E-state index contributed by atoms with van der Waals surface area (Å²) in [5.74, 6) is 0. The third-order valence-electron chi connectivity index (χ3n) is 0.624. The molecule has 0 heterocycles. The van der Waals surface area contributed by atoms with Crippen LogP contribution in [-0.2, 0) is 0 Å². The maximum atomic E-state index is 11.8. The standard InChI is InChI=1S/C4H10FNO/c1-6-2-4(5)3-7/h4,6-7H,2-3H2,1H3/t4-/m1/s1. The fourth-order valence-electron chi connectivity index (χ4n) is 0.286. The summed E-state index contributed by atoms with van der Waals surface area (Å²) >= 11 is 0. The van der Waals surface area contributed by atoms with Gasteiger partial charge in [-0.1, -0.05) is 0 Å². The van der Waals surface area contributed by atoms with Crippen LogP contribution >= 0.6 is 0 Å². The first-order chi connectivity index (χ1) is 3.31. The number of alkyl halides is 1. The molecule has 0 aromatic heterocycles. The van der Waals surface area contributed by atoms with Crippen LogP contribution in [0.5, 0.6) is 0 Å². The van der Waals surface area contributed by atoms with Crippen molar-refractivity contribution in [2.24, 2.45) is 0 Å².